The smallest absolute Gasteiger partial charge is 0.267 e. The third-order valence-electron chi connectivity index (χ3n) is 5.99. The van der Waals surface area contributed by atoms with E-state index in [1.54, 1.807) is 18.5 Å². The maximum absolute atomic E-state index is 15.0. The normalized spacial score (nSPS) is 11.1. The molecule has 0 unspecified atom stereocenters. The van der Waals surface area contributed by atoms with E-state index < -0.39 is 23.1 Å². The van der Waals surface area contributed by atoms with Crippen LogP contribution in [0.2, 0.25) is 0 Å². The zero-order chi connectivity index (χ0) is 28.9. The number of halogens is 3. The van der Waals surface area contributed by atoms with E-state index in [0.29, 0.717) is 23.7 Å². The molecule has 0 fully saturated rings. The molecule has 216 valence electrons. The number of rotatable bonds is 10. The van der Waals surface area contributed by atoms with Gasteiger partial charge in [0.2, 0.25) is 0 Å². The molecule has 0 radical (unpaired) electrons. The van der Waals surface area contributed by atoms with Crippen molar-refractivity contribution in [3.05, 3.63) is 107 Å². The lowest BCUT2D eigenvalue weighted by atomic mass is 9.93. The molecule has 41 heavy (non-hydrogen) atoms. The third-order valence-corrected chi connectivity index (χ3v) is 5.99. The van der Waals surface area contributed by atoms with Crippen LogP contribution >= 0.6 is 12.4 Å². The molecule has 2 aromatic heterocycles. The Morgan fingerprint density at radius 2 is 1.78 bits per heavy atom. The molecule has 0 aliphatic rings. The predicted octanol–water partition coefficient (Wildman–Crippen LogP) is 5.98. The highest BCUT2D eigenvalue weighted by atomic mass is 35.5. The average Bonchev–Trinajstić information content (AvgIpc) is 2.90. The van der Waals surface area contributed by atoms with E-state index in [1.807, 2.05) is 14.1 Å². The zero-order valence-corrected chi connectivity index (χ0v) is 24.0. The SMILES string of the molecule is CN(C)CC(C)(C)CNc1cnccc1Oc1ccc(NC(=O)c2cccn(-c3ccc(F)cc3)c2=O)cc1F.Cl. The molecule has 0 atom stereocenters. The first-order valence-corrected chi connectivity index (χ1v) is 12.6. The Hall–Kier alpha value is -4.28. The highest BCUT2D eigenvalue weighted by molar-refractivity contribution is 6.04. The number of anilines is 2. The summed E-state index contributed by atoms with van der Waals surface area (Å²) < 4.78 is 35.4. The van der Waals surface area contributed by atoms with Gasteiger partial charge in [0, 0.05) is 49.0 Å². The summed E-state index contributed by atoms with van der Waals surface area (Å²) in [6.07, 6.45) is 4.65. The van der Waals surface area contributed by atoms with E-state index in [2.05, 4.69) is 34.4 Å². The van der Waals surface area contributed by atoms with Crippen molar-refractivity contribution < 1.29 is 18.3 Å². The van der Waals surface area contributed by atoms with Crippen LogP contribution in [0.1, 0.15) is 24.2 Å². The van der Waals surface area contributed by atoms with Crippen molar-refractivity contribution in [2.24, 2.45) is 5.41 Å². The molecule has 0 spiro atoms. The van der Waals surface area contributed by atoms with Gasteiger partial charge in [-0.25, -0.2) is 8.78 Å². The van der Waals surface area contributed by atoms with Crippen molar-refractivity contribution in [1.82, 2.24) is 14.5 Å². The fraction of sp³-hybridized carbons (Fsp3) is 0.233. The Balaban J connectivity index is 0.00000462. The Bertz CT molecular complexity index is 1560. The maximum Gasteiger partial charge on any atom is 0.267 e. The molecule has 2 heterocycles. The number of nitrogens with zero attached hydrogens (tertiary/aromatic N) is 3. The van der Waals surface area contributed by atoms with Gasteiger partial charge in [-0.2, -0.15) is 0 Å². The van der Waals surface area contributed by atoms with Crippen LogP contribution in [0, 0.1) is 17.0 Å². The van der Waals surface area contributed by atoms with Crippen LogP contribution in [-0.2, 0) is 0 Å². The predicted molar refractivity (Wildman–Crippen MR) is 159 cm³/mol. The number of aromatic nitrogens is 2. The number of hydrogen-bond donors (Lipinski definition) is 2. The van der Waals surface area contributed by atoms with Gasteiger partial charge in [0.1, 0.15) is 11.4 Å². The molecule has 4 rings (SSSR count). The first-order chi connectivity index (χ1) is 19.0. The molecule has 0 saturated carbocycles. The summed E-state index contributed by atoms with van der Waals surface area (Å²) in [6.45, 7) is 5.78. The summed E-state index contributed by atoms with van der Waals surface area (Å²) in [6, 6.07) is 13.8. The minimum absolute atomic E-state index is 0. The maximum atomic E-state index is 15.0. The number of nitrogens with one attached hydrogen (secondary N) is 2. The van der Waals surface area contributed by atoms with E-state index in [9.17, 15) is 14.0 Å². The standard InChI is InChI=1S/C30H31F2N5O3.ClH/c1-30(2,19-36(3)4)18-34-25-17-33-14-13-27(25)40-26-12-9-21(16-24(26)32)35-28(38)23-6-5-15-37(29(23)39)22-10-7-20(31)8-11-22;/h5-17,34H,18-19H2,1-4H3,(H,35,38);1H. The van der Waals surface area contributed by atoms with Gasteiger partial charge in [-0.15, -0.1) is 12.4 Å². The van der Waals surface area contributed by atoms with Gasteiger partial charge >= 0.3 is 0 Å². The lowest BCUT2D eigenvalue weighted by Crippen LogP contribution is -2.34. The number of ether oxygens (including phenoxy) is 1. The van der Waals surface area contributed by atoms with E-state index in [1.165, 1.54) is 59.3 Å². The summed E-state index contributed by atoms with van der Waals surface area (Å²) in [7, 11) is 4.03. The van der Waals surface area contributed by atoms with Crippen molar-refractivity contribution >= 4 is 29.7 Å². The highest BCUT2D eigenvalue weighted by Gasteiger charge is 2.20. The van der Waals surface area contributed by atoms with E-state index in [4.69, 9.17) is 4.74 Å². The molecule has 4 aromatic rings. The lowest BCUT2D eigenvalue weighted by molar-refractivity contribution is 0.102. The number of amides is 1. The topological polar surface area (TPSA) is 88.5 Å². The Morgan fingerprint density at radius 3 is 2.46 bits per heavy atom. The van der Waals surface area contributed by atoms with Crippen molar-refractivity contribution in [3.8, 4) is 17.2 Å². The van der Waals surface area contributed by atoms with Gasteiger partial charge in [0.05, 0.1) is 11.9 Å². The van der Waals surface area contributed by atoms with Gasteiger partial charge in [-0.1, -0.05) is 13.8 Å². The van der Waals surface area contributed by atoms with Crippen LogP contribution in [0.5, 0.6) is 11.5 Å². The third kappa shape index (κ3) is 8.12. The molecule has 2 aromatic carbocycles. The van der Waals surface area contributed by atoms with Gasteiger partial charge in [-0.3, -0.25) is 19.1 Å². The fourth-order valence-electron chi connectivity index (χ4n) is 4.30. The number of carbonyl (C=O) groups is 1. The summed E-state index contributed by atoms with van der Waals surface area (Å²) in [4.78, 5) is 32.0. The number of carbonyl (C=O) groups excluding carboxylic acids is 1. The number of hydrogen-bond acceptors (Lipinski definition) is 6. The Kier molecular flexibility index (Phi) is 10.2. The van der Waals surface area contributed by atoms with Crippen LogP contribution in [0.3, 0.4) is 0 Å². The van der Waals surface area contributed by atoms with Gasteiger partial charge in [0.15, 0.2) is 17.3 Å². The Labute approximate surface area is 243 Å². The highest BCUT2D eigenvalue weighted by Crippen LogP contribution is 2.32. The second-order valence-electron chi connectivity index (χ2n) is 10.4. The molecular formula is C30H32ClF2N5O3. The Morgan fingerprint density at radius 1 is 1.05 bits per heavy atom. The van der Waals surface area contributed by atoms with Gasteiger partial charge in [-0.05, 0) is 68.0 Å². The van der Waals surface area contributed by atoms with Crippen molar-refractivity contribution in [1.29, 1.82) is 0 Å². The molecule has 8 nitrogen and oxygen atoms in total. The molecular weight excluding hydrogens is 552 g/mol. The second-order valence-corrected chi connectivity index (χ2v) is 10.4. The number of pyridine rings is 2. The van der Waals surface area contributed by atoms with E-state index in [-0.39, 0.29) is 34.8 Å². The largest absolute Gasteiger partial charge is 0.452 e. The molecule has 11 heteroatoms. The van der Waals surface area contributed by atoms with Crippen LogP contribution in [0.15, 0.2) is 84.0 Å². The van der Waals surface area contributed by atoms with Crippen molar-refractivity contribution in [2.75, 3.05) is 37.8 Å². The average molecular weight is 584 g/mol. The summed E-state index contributed by atoms with van der Waals surface area (Å²) in [5.41, 5.74) is 0.371. The van der Waals surface area contributed by atoms with Crippen molar-refractivity contribution in [2.45, 2.75) is 13.8 Å². The van der Waals surface area contributed by atoms with Crippen LogP contribution in [0.25, 0.3) is 5.69 Å². The molecule has 2 N–H and O–H groups in total. The van der Waals surface area contributed by atoms with E-state index in [0.717, 1.165) is 12.6 Å². The van der Waals surface area contributed by atoms with Crippen molar-refractivity contribution in [3.63, 3.8) is 0 Å². The van der Waals surface area contributed by atoms with Gasteiger partial charge in [0.25, 0.3) is 11.5 Å². The molecule has 0 aliphatic heterocycles. The molecule has 0 bridgehead atoms. The molecule has 1 amide bonds. The van der Waals surface area contributed by atoms with E-state index >= 15 is 4.39 Å². The quantitative estimate of drug-likeness (QED) is 0.239. The van der Waals surface area contributed by atoms with Crippen LogP contribution < -0.4 is 20.9 Å². The monoisotopic (exact) mass is 583 g/mol. The van der Waals surface area contributed by atoms with Gasteiger partial charge < -0.3 is 20.3 Å². The number of benzene rings is 2. The molecule has 0 saturated heterocycles. The summed E-state index contributed by atoms with van der Waals surface area (Å²) in [5, 5.41) is 5.88. The first-order valence-electron chi connectivity index (χ1n) is 12.6. The van der Waals surface area contributed by atoms with Crippen LogP contribution in [-0.4, -0.2) is 47.5 Å². The first kappa shape index (κ1) is 31.3. The second kappa shape index (κ2) is 13.4. The minimum Gasteiger partial charge on any atom is -0.452 e. The molecule has 0 aliphatic carbocycles. The fourth-order valence-corrected chi connectivity index (χ4v) is 4.30. The summed E-state index contributed by atoms with van der Waals surface area (Å²) in [5.74, 6) is -1.50. The summed E-state index contributed by atoms with van der Waals surface area (Å²) >= 11 is 0. The van der Waals surface area contributed by atoms with Crippen LogP contribution in [0.4, 0.5) is 20.2 Å². The minimum atomic E-state index is -0.713. The zero-order valence-electron chi connectivity index (χ0n) is 23.2. The lowest BCUT2D eigenvalue weighted by Gasteiger charge is -2.29.